The molecule has 25 heavy (non-hydrogen) atoms. The SMILES string of the molecule is O[C@@H]1C[C@H]2CN(c3cccnn3)C[C@H]2C[C@H]1Oc1cccc(F)c1F. The molecule has 132 valence electrons. The van der Waals surface area contributed by atoms with Gasteiger partial charge < -0.3 is 14.7 Å². The predicted molar refractivity (Wildman–Crippen MR) is 87.2 cm³/mol. The van der Waals surface area contributed by atoms with E-state index < -0.39 is 23.8 Å². The normalized spacial score (nSPS) is 28.7. The van der Waals surface area contributed by atoms with Crippen molar-refractivity contribution in [2.75, 3.05) is 18.0 Å². The third-order valence-electron chi connectivity index (χ3n) is 5.16. The summed E-state index contributed by atoms with van der Waals surface area (Å²) in [6.07, 6.45) is 1.56. The Morgan fingerprint density at radius 2 is 1.88 bits per heavy atom. The Bertz CT molecular complexity index is 746. The largest absolute Gasteiger partial charge is 0.485 e. The predicted octanol–water partition coefficient (Wildman–Crippen LogP) is 2.41. The van der Waals surface area contributed by atoms with E-state index >= 15 is 0 Å². The van der Waals surface area contributed by atoms with Gasteiger partial charge in [0.25, 0.3) is 0 Å². The lowest BCUT2D eigenvalue weighted by Gasteiger charge is -2.35. The second-order valence-corrected chi connectivity index (χ2v) is 6.75. The van der Waals surface area contributed by atoms with Gasteiger partial charge in [0.2, 0.25) is 5.82 Å². The van der Waals surface area contributed by atoms with Gasteiger partial charge in [0, 0.05) is 19.3 Å². The Morgan fingerprint density at radius 3 is 2.64 bits per heavy atom. The van der Waals surface area contributed by atoms with Crippen molar-refractivity contribution in [3.8, 4) is 5.75 Å². The Hall–Kier alpha value is -2.28. The standard InChI is InChI=1S/C18H19F2N3O2/c19-13-3-1-4-15(18(13)20)25-16-8-12-10-23(9-11(12)7-14(16)24)17-5-2-6-21-22-17/h1-6,11-12,14,16,24H,7-10H2/t11-,12+,14+,16+/m0/s1. The lowest BCUT2D eigenvalue weighted by atomic mass is 9.78. The number of ether oxygens (including phenoxy) is 1. The molecule has 2 aromatic rings. The van der Waals surface area contributed by atoms with Crippen molar-refractivity contribution < 1.29 is 18.6 Å². The lowest BCUT2D eigenvalue weighted by Crippen LogP contribution is -2.42. The molecular formula is C18H19F2N3O2. The Labute approximate surface area is 144 Å². The molecule has 0 spiro atoms. The van der Waals surface area contributed by atoms with Gasteiger partial charge >= 0.3 is 0 Å². The number of hydrogen-bond donors (Lipinski definition) is 1. The maximum atomic E-state index is 13.8. The maximum absolute atomic E-state index is 13.8. The van der Waals surface area contributed by atoms with Crippen LogP contribution in [0.25, 0.3) is 0 Å². The summed E-state index contributed by atoms with van der Waals surface area (Å²) in [5.74, 6) is -0.646. The number of rotatable bonds is 3. The number of nitrogens with zero attached hydrogens (tertiary/aromatic N) is 3. The second-order valence-electron chi connectivity index (χ2n) is 6.75. The molecule has 0 radical (unpaired) electrons. The molecule has 4 rings (SSSR count). The van der Waals surface area contributed by atoms with E-state index in [1.54, 1.807) is 6.20 Å². The van der Waals surface area contributed by atoms with Crippen molar-refractivity contribution in [1.82, 2.24) is 10.2 Å². The van der Waals surface area contributed by atoms with E-state index in [2.05, 4.69) is 15.1 Å². The van der Waals surface area contributed by atoms with Crippen LogP contribution in [0.15, 0.2) is 36.5 Å². The van der Waals surface area contributed by atoms with Crippen LogP contribution in [0.3, 0.4) is 0 Å². The first kappa shape index (κ1) is 16.2. The van der Waals surface area contributed by atoms with Crippen molar-refractivity contribution in [1.29, 1.82) is 0 Å². The minimum Gasteiger partial charge on any atom is -0.485 e. The molecule has 1 aromatic carbocycles. The summed E-state index contributed by atoms with van der Waals surface area (Å²) in [5.41, 5.74) is 0. The van der Waals surface area contributed by atoms with Crippen molar-refractivity contribution in [3.05, 3.63) is 48.2 Å². The summed E-state index contributed by atoms with van der Waals surface area (Å²) in [6, 6.07) is 7.59. The van der Waals surface area contributed by atoms with E-state index in [9.17, 15) is 13.9 Å². The molecule has 2 heterocycles. The smallest absolute Gasteiger partial charge is 0.200 e. The summed E-state index contributed by atoms with van der Waals surface area (Å²) >= 11 is 0. The Morgan fingerprint density at radius 1 is 1.08 bits per heavy atom. The first-order valence-electron chi connectivity index (χ1n) is 8.43. The topological polar surface area (TPSA) is 58.5 Å². The van der Waals surface area contributed by atoms with E-state index in [4.69, 9.17) is 4.74 Å². The van der Waals surface area contributed by atoms with Crippen LogP contribution in [0.2, 0.25) is 0 Å². The fourth-order valence-corrected chi connectivity index (χ4v) is 3.90. The van der Waals surface area contributed by atoms with Crippen molar-refractivity contribution in [3.63, 3.8) is 0 Å². The average Bonchev–Trinajstić information content (AvgIpc) is 3.03. The van der Waals surface area contributed by atoms with Crippen LogP contribution in [0.4, 0.5) is 14.6 Å². The van der Waals surface area contributed by atoms with Gasteiger partial charge in [-0.1, -0.05) is 6.07 Å². The minimum atomic E-state index is -1.01. The number of aliphatic hydroxyl groups excluding tert-OH is 1. The molecule has 5 nitrogen and oxygen atoms in total. The van der Waals surface area contributed by atoms with Crippen LogP contribution < -0.4 is 9.64 Å². The lowest BCUT2D eigenvalue weighted by molar-refractivity contribution is -0.0249. The molecule has 1 saturated heterocycles. The molecule has 1 N–H and O–H groups in total. The second kappa shape index (κ2) is 6.55. The highest BCUT2D eigenvalue weighted by Crippen LogP contribution is 2.39. The van der Waals surface area contributed by atoms with Gasteiger partial charge in [-0.15, -0.1) is 5.10 Å². The van der Waals surface area contributed by atoms with E-state index in [0.717, 1.165) is 25.0 Å². The fraction of sp³-hybridized carbons (Fsp3) is 0.444. The monoisotopic (exact) mass is 347 g/mol. The zero-order valence-electron chi connectivity index (χ0n) is 13.6. The molecule has 0 amide bonds. The number of hydrogen-bond acceptors (Lipinski definition) is 5. The zero-order chi connectivity index (χ0) is 17.4. The third-order valence-corrected chi connectivity index (χ3v) is 5.16. The zero-order valence-corrected chi connectivity index (χ0v) is 13.6. The highest BCUT2D eigenvalue weighted by Gasteiger charge is 2.43. The molecule has 0 unspecified atom stereocenters. The molecule has 1 saturated carbocycles. The molecule has 1 aromatic heterocycles. The summed E-state index contributed by atoms with van der Waals surface area (Å²) in [6.45, 7) is 1.60. The van der Waals surface area contributed by atoms with Crippen LogP contribution >= 0.6 is 0 Å². The Balaban J connectivity index is 1.46. The first-order chi connectivity index (χ1) is 12.1. The molecule has 0 bridgehead atoms. The fourth-order valence-electron chi connectivity index (χ4n) is 3.90. The summed E-state index contributed by atoms with van der Waals surface area (Å²) in [5, 5.41) is 18.5. The number of fused-ring (bicyclic) bond motifs is 1. The van der Waals surface area contributed by atoms with Gasteiger partial charge in [-0.3, -0.25) is 0 Å². The number of anilines is 1. The van der Waals surface area contributed by atoms with E-state index in [-0.39, 0.29) is 5.75 Å². The van der Waals surface area contributed by atoms with Gasteiger partial charge in [-0.2, -0.15) is 9.49 Å². The highest BCUT2D eigenvalue weighted by atomic mass is 19.2. The summed E-state index contributed by atoms with van der Waals surface area (Å²) in [7, 11) is 0. The quantitative estimate of drug-likeness (QED) is 0.924. The highest BCUT2D eigenvalue weighted by molar-refractivity contribution is 5.38. The number of halogens is 2. The summed E-state index contributed by atoms with van der Waals surface area (Å²) in [4.78, 5) is 2.15. The van der Waals surface area contributed by atoms with Gasteiger partial charge in [0.15, 0.2) is 17.4 Å². The molecule has 1 aliphatic carbocycles. The van der Waals surface area contributed by atoms with Crippen molar-refractivity contribution >= 4 is 5.82 Å². The van der Waals surface area contributed by atoms with Crippen LogP contribution in [-0.2, 0) is 0 Å². The molecule has 2 fully saturated rings. The van der Waals surface area contributed by atoms with Crippen molar-refractivity contribution in [2.24, 2.45) is 11.8 Å². The number of aliphatic hydroxyl groups is 1. The van der Waals surface area contributed by atoms with Crippen molar-refractivity contribution in [2.45, 2.75) is 25.0 Å². The number of benzene rings is 1. The van der Waals surface area contributed by atoms with Gasteiger partial charge in [-0.05, 0) is 48.9 Å². The van der Waals surface area contributed by atoms with E-state index in [1.165, 1.54) is 12.1 Å². The van der Waals surface area contributed by atoms with Gasteiger partial charge in [0.05, 0.1) is 6.10 Å². The first-order valence-corrected chi connectivity index (χ1v) is 8.43. The van der Waals surface area contributed by atoms with E-state index in [0.29, 0.717) is 24.7 Å². The third kappa shape index (κ3) is 3.16. The molecule has 4 atom stereocenters. The van der Waals surface area contributed by atoms with Crippen LogP contribution in [0.5, 0.6) is 5.75 Å². The molecule has 2 aliphatic rings. The molecule has 7 heteroatoms. The van der Waals surface area contributed by atoms with Crippen LogP contribution in [-0.4, -0.2) is 40.6 Å². The van der Waals surface area contributed by atoms with Gasteiger partial charge in [0.1, 0.15) is 6.10 Å². The van der Waals surface area contributed by atoms with Crippen LogP contribution in [0.1, 0.15) is 12.8 Å². The number of aromatic nitrogens is 2. The van der Waals surface area contributed by atoms with Crippen LogP contribution in [0, 0.1) is 23.5 Å². The minimum absolute atomic E-state index is 0.147. The molecule has 1 aliphatic heterocycles. The van der Waals surface area contributed by atoms with Gasteiger partial charge in [-0.25, -0.2) is 4.39 Å². The Kier molecular flexibility index (Phi) is 4.25. The maximum Gasteiger partial charge on any atom is 0.200 e. The molecular weight excluding hydrogens is 328 g/mol. The average molecular weight is 347 g/mol. The van der Waals surface area contributed by atoms with E-state index in [1.807, 2.05) is 12.1 Å². The summed E-state index contributed by atoms with van der Waals surface area (Å²) < 4.78 is 32.8.